The van der Waals surface area contributed by atoms with Crippen molar-refractivity contribution in [2.45, 2.75) is 45.3 Å². The molecule has 1 saturated heterocycles. The Labute approximate surface area is 191 Å². The zero-order valence-corrected chi connectivity index (χ0v) is 19.1. The number of benzene rings is 1. The molecule has 174 valence electrons. The first kappa shape index (κ1) is 21.6. The monoisotopic (exact) mass is 453 g/mol. The van der Waals surface area contributed by atoms with Crippen LogP contribution in [0.15, 0.2) is 36.7 Å². The van der Waals surface area contributed by atoms with Crippen molar-refractivity contribution in [1.29, 1.82) is 0 Å². The van der Waals surface area contributed by atoms with Gasteiger partial charge in [-0.1, -0.05) is 0 Å². The first-order valence-corrected chi connectivity index (χ1v) is 11.3. The quantitative estimate of drug-likeness (QED) is 0.510. The lowest BCUT2D eigenvalue weighted by atomic mass is 10.1. The van der Waals surface area contributed by atoms with Crippen LogP contribution in [0.5, 0.6) is 5.75 Å². The van der Waals surface area contributed by atoms with Crippen molar-refractivity contribution in [1.82, 2.24) is 19.5 Å². The fourth-order valence-electron chi connectivity index (χ4n) is 4.42. The molecule has 2 aliphatic rings. The molecule has 1 aromatic carbocycles. The number of nitrogens with zero attached hydrogens (tertiary/aromatic N) is 5. The highest BCUT2D eigenvalue weighted by Crippen LogP contribution is 2.31. The summed E-state index contributed by atoms with van der Waals surface area (Å²) in [7, 11) is 0. The Morgan fingerprint density at radius 3 is 2.85 bits per heavy atom. The second-order valence-corrected chi connectivity index (χ2v) is 9.53. The first-order valence-electron chi connectivity index (χ1n) is 11.3. The summed E-state index contributed by atoms with van der Waals surface area (Å²) >= 11 is 0. The number of halogens is 1. The average molecular weight is 454 g/mol. The highest BCUT2D eigenvalue weighted by Gasteiger charge is 2.30. The molecule has 9 heteroatoms. The summed E-state index contributed by atoms with van der Waals surface area (Å²) < 4.78 is 28.2. The molecule has 1 atom stereocenters. The third-order valence-corrected chi connectivity index (χ3v) is 6.03. The van der Waals surface area contributed by atoms with Gasteiger partial charge in [-0.25, -0.2) is 18.7 Å². The maximum absolute atomic E-state index is 14.8. The molecule has 0 unspecified atom stereocenters. The molecule has 4 bridgehead atoms. The lowest BCUT2D eigenvalue weighted by Gasteiger charge is -2.30. The summed E-state index contributed by atoms with van der Waals surface area (Å²) in [5.41, 5.74) is 0.698. The van der Waals surface area contributed by atoms with E-state index >= 15 is 0 Å². The SMILES string of the molecule is CC(C)(C)OC(=O)N1CCN2CCC[C@H]2COc2ccc(F)c(c2)-c2cnn3ccc1nc23. The zero-order valence-electron chi connectivity index (χ0n) is 19.1. The molecule has 33 heavy (non-hydrogen) atoms. The number of fused-ring (bicyclic) bond motifs is 5. The van der Waals surface area contributed by atoms with Crippen LogP contribution in [0.3, 0.4) is 0 Å². The molecular weight excluding hydrogens is 425 g/mol. The lowest BCUT2D eigenvalue weighted by molar-refractivity contribution is 0.0573. The van der Waals surface area contributed by atoms with Gasteiger partial charge in [0.2, 0.25) is 0 Å². The van der Waals surface area contributed by atoms with Crippen LogP contribution in [0, 0.1) is 5.82 Å². The predicted octanol–water partition coefficient (Wildman–Crippen LogP) is 4.13. The van der Waals surface area contributed by atoms with Crippen molar-refractivity contribution < 1.29 is 18.7 Å². The highest BCUT2D eigenvalue weighted by atomic mass is 19.1. The van der Waals surface area contributed by atoms with Gasteiger partial charge in [0.15, 0.2) is 5.65 Å². The van der Waals surface area contributed by atoms with Crippen LogP contribution in [0.2, 0.25) is 0 Å². The molecule has 1 fully saturated rings. The van der Waals surface area contributed by atoms with E-state index in [1.807, 2.05) is 20.8 Å². The molecule has 3 aromatic rings. The fourth-order valence-corrected chi connectivity index (χ4v) is 4.42. The van der Waals surface area contributed by atoms with E-state index in [2.05, 4.69) is 10.00 Å². The highest BCUT2D eigenvalue weighted by molar-refractivity contribution is 5.88. The molecular formula is C24H28FN5O3. The Balaban J connectivity index is 1.63. The van der Waals surface area contributed by atoms with Crippen LogP contribution in [-0.4, -0.2) is 63.5 Å². The maximum atomic E-state index is 14.8. The Morgan fingerprint density at radius 1 is 1.18 bits per heavy atom. The van der Waals surface area contributed by atoms with Gasteiger partial charge in [-0.05, 0) is 64.4 Å². The van der Waals surface area contributed by atoms with Gasteiger partial charge in [0.1, 0.15) is 29.6 Å². The summed E-state index contributed by atoms with van der Waals surface area (Å²) in [5, 5.41) is 4.33. The van der Waals surface area contributed by atoms with Crippen LogP contribution in [0.4, 0.5) is 15.0 Å². The Kier molecular flexibility index (Phi) is 5.44. The molecule has 2 aromatic heterocycles. The second-order valence-electron chi connectivity index (χ2n) is 9.53. The van der Waals surface area contributed by atoms with E-state index < -0.39 is 11.7 Å². The van der Waals surface area contributed by atoms with Crippen molar-refractivity contribution in [3.05, 3.63) is 42.5 Å². The number of rotatable bonds is 0. The first-order chi connectivity index (χ1) is 15.8. The summed E-state index contributed by atoms with van der Waals surface area (Å²) in [4.78, 5) is 21.7. The van der Waals surface area contributed by atoms with Gasteiger partial charge < -0.3 is 9.47 Å². The van der Waals surface area contributed by atoms with Gasteiger partial charge >= 0.3 is 6.09 Å². The van der Waals surface area contributed by atoms with Gasteiger partial charge in [0.25, 0.3) is 0 Å². The van der Waals surface area contributed by atoms with Crippen LogP contribution in [0.1, 0.15) is 33.6 Å². The van der Waals surface area contributed by atoms with E-state index in [9.17, 15) is 9.18 Å². The summed E-state index contributed by atoms with van der Waals surface area (Å²) in [6.07, 6.45) is 4.92. The number of carbonyl (C=O) groups is 1. The molecule has 0 radical (unpaired) electrons. The summed E-state index contributed by atoms with van der Waals surface area (Å²) in [5.74, 6) is 0.670. The number of ether oxygens (including phenoxy) is 2. The molecule has 2 aliphatic heterocycles. The number of hydrogen-bond donors (Lipinski definition) is 0. The van der Waals surface area contributed by atoms with E-state index in [-0.39, 0.29) is 11.9 Å². The van der Waals surface area contributed by atoms with E-state index in [1.165, 1.54) is 6.07 Å². The second kappa shape index (κ2) is 8.30. The van der Waals surface area contributed by atoms with Gasteiger partial charge in [-0.15, -0.1) is 0 Å². The molecule has 0 N–H and O–H groups in total. The van der Waals surface area contributed by atoms with Crippen molar-refractivity contribution in [3.8, 4) is 16.9 Å². The zero-order chi connectivity index (χ0) is 23.2. The molecule has 8 nitrogen and oxygen atoms in total. The smallest absolute Gasteiger partial charge is 0.416 e. The number of carbonyl (C=O) groups excluding carboxylic acids is 1. The number of hydrogen-bond acceptors (Lipinski definition) is 6. The van der Waals surface area contributed by atoms with Crippen molar-refractivity contribution in [3.63, 3.8) is 0 Å². The van der Waals surface area contributed by atoms with Gasteiger partial charge in [0, 0.05) is 36.5 Å². The average Bonchev–Trinajstić information content (AvgIpc) is 3.38. The van der Waals surface area contributed by atoms with Gasteiger partial charge in [-0.2, -0.15) is 5.10 Å². The van der Waals surface area contributed by atoms with Crippen LogP contribution in [0.25, 0.3) is 16.8 Å². The van der Waals surface area contributed by atoms with E-state index in [0.717, 1.165) is 19.4 Å². The van der Waals surface area contributed by atoms with E-state index in [4.69, 9.17) is 14.5 Å². The van der Waals surface area contributed by atoms with E-state index in [1.54, 1.807) is 40.0 Å². The third kappa shape index (κ3) is 4.37. The normalized spacial score (nSPS) is 19.3. The number of amides is 1. The Hall–Kier alpha value is -3.20. The largest absolute Gasteiger partial charge is 0.492 e. The third-order valence-electron chi connectivity index (χ3n) is 6.03. The molecule has 4 heterocycles. The Morgan fingerprint density at radius 2 is 2.03 bits per heavy atom. The predicted molar refractivity (Wildman–Crippen MR) is 122 cm³/mol. The topological polar surface area (TPSA) is 72.2 Å². The minimum Gasteiger partial charge on any atom is -0.492 e. The van der Waals surface area contributed by atoms with Gasteiger partial charge in [-0.3, -0.25) is 9.80 Å². The van der Waals surface area contributed by atoms with E-state index in [0.29, 0.717) is 48.0 Å². The van der Waals surface area contributed by atoms with Crippen molar-refractivity contribution >= 4 is 17.6 Å². The lowest BCUT2D eigenvalue weighted by Crippen LogP contribution is -2.44. The van der Waals surface area contributed by atoms with Crippen LogP contribution >= 0.6 is 0 Å². The standard InChI is InChI=1S/C24H28FN5O3/c1-24(2,3)33-23(31)29-12-11-28-9-4-5-16(28)15-32-17-6-7-20(25)18(13-17)19-14-26-30-10-8-21(29)27-22(19)30/h6-8,10,13-14,16H,4-5,9,11-12,15H2,1-3H3/t16-/m0/s1. The number of anilines is 1. The summed E-state index contributed by atoms with van der Waals surface area (Å²) in [6, 6.07) is 6.71. The Bertz CT molecular complexity index is 1190. The van der Waals surface area contributed by atoms with Crippen molar-refractivity contribution in [2.24, 2.45) is 0 Å². The molecule has 0 aliphatic carbocycles. The summed E-state index contributed by atoms with van der Waals surface area (Å²) in [6.45, 7) is 8.03. The fraction of sp³-hybridized carbons (Fsp3) is 0.458. The molecule has 0 spiro atoms. The minimum absolute atomic E-state index is 0.226. The molecule has 5 rings (SSSR count). The number of aromatic nitrogens is 3. The molecule has 1 amide bonds. The van der Waals surface area contributed by atoms with Crippen molar-refractivity contribution in [2.75, 3.05) is 31.1 Å². The van der Waals surface area contributed by atoms with Gasteiger partial charge in [0.05, 0.1) is 6.20 Å². The maximum Gasteiger partial charge on any atom is 0.416 e. The van der Waals surface area contributed by atoms with Crippen LogP contribution in [-0.2, 0) is 4.74 Å². The minimum atomic E-state index is -0.643. The van der Waals surface area contributed by atoms with Crippen LogP contribution < -0.4 is 9.64 Å². The molecule has 0 saturated carbocycles.